The van der Waals surface area contributed by atoms with E-state index >= 15 is 0 Å². The second-order valence-electron chi connectivity index (χ2n) is 5.58. The molecule has 1 aliphatic rings. The van der Waals surface area contributed by atoms with Gasteiger partial charge in [-0.05, 0) is 24.0 Å². The maximum atomic E-state index is 4.26. The molecule has 1 fully saturated rings. The highest BCUT2D eigenvalue weighted by atomic mass is 15.3. The van der Waals surface area contributed by atoms with Crippen LogP contribution in [0.5, 0.6) is 0 Å². The van der Waals surface area contributed by atoms with Crippen LogP contribution in [0.15, 0.2) is 43.5 Å². The van der Waals surface area contributed by atoms with Gasteiger partial charge in [0.25, 0.3) is 0 Å². The molecule has 2 aromatic heterocycles. The monoisotopic (exact) mass is 268 g/mol. The van der Waals surface area contributed by atoms with Crippen molar-refractivity contribution in [2.75, 3.05) is 6.54 Å². The number of likely N-dealkylation sites (tertiary alicyclic amines) is 1. The SMILES string of the molecule is C=Cn1cc(CN2CC(C)CC2c2cccnc2)cn1. The fourth-order valence-corrected chi connectivity index (χ4v) is 3.02. The van der Waals surface area contributed by atoms with Crippen LogP contribution in [0.3, 0.4) is 0 Å². The number of nitrogens with zero attached hydrogens (tertiary/aromatic N) is 4. The molecule has 0 bridgehead atoms. The Morgan fingerprint density at radius 3 is 3.05 bits per heavy atom. The first-order valence-corrected chi connectivity index (χ1v) is 7.06. The van der Waals surface area contributed by atoms with Gasteiger partial charge in [-0.25, -0.2) is 4.68 Å². The van der Waals surface area contributed by atoms with Crippen LogP contribution >= 0.6 is 0 Å². The van der Waals surface area contributed by atoms with Crippen molar-refractivity contribution < 1.29 is 0 Å². The van der Waals surface area contributed by atoms with Crippen molar-refractivity contribution in [1.29, 1.82) is 0 Å². The minimum atomic E-state index is 0.464. The van der Waals surface area contributed by atoms with Gasteiger partial charge < -0.3 is 0 Å². The van der Waals surface area contributed by atoms with E-state index in [0.717, 1.165) is 19.0 Å². The van der Waals surface area contributed by atoms with E-state index in [2.05, 4.69) is 34.6 Å². The summed E-state index contributed by atoms with van der Waals surface area (Å²) in [6.45, 7) is 8.10. The topological polar surface area (TPSA) is 34.0 Å². The van der Waals surface area contributed by atoms with E-state index in [1.165, 1.54) is 17.5 Å². The smallest absolute Gasteiger partial charge is 0.0539 e. The van der Waals surface area contributed by atoms with E-state index in [-0.39, 0.29) is 0 Å². The first-order chi connectivity index (χ1) is 9.76. The number of pyridine rings is 1. The van der Waals surface area contributed by atoms with Crippen LogP contribution in [0, 0.1) is 5.92 Å². The van der Waals surface area contributed by atoms with E-state index in [1.807, 2.05) is 30.9 Å². The maximum absolute atomic E-state index is 4.26. The minimum absolute atomic E-state index is 0.464. The van der Waals surface area contributed by atoms with Crippen molar-refractivity contribution in [2.24, 2.45) is 5.92 Å². The molecule has 2 aromatic rings. The first-order valence-electron chi connectivity index (χ1n) is 7.06. The van der Waals surface area contributed by atoms with Gasteiger partial charge in [-0.3, -0.25) is 9.88 Å². The molecule has 1 aliphatic heterocycles. The third-order valence-electron chi connectivity index (χ3n) is 3.91. The van der Waals surface area contributed by atoms with Gasteiger partial charge in [0.1, 0.15) is 0 Å². The zero-order chi connectivity index (χ0) is 13.9. The van der Waals surface area contributed by atoms with Crippen LogP contribution in [0.4, 0.5) is 0 Å². The van der Waals surface area contributed by atoms with Crippen LogP contribution in [-0.4, -0.2) is 26.2 Å². The molecule has 0 spiro atoms. The molecule has 0 aromatic carbocycles. The Kier molecular flexibility index (Phi) is 3.65. The highest BCUT2D eigenvalue weighted by Gasteiger charge is 2.30. The summed E-state index contributed by atoms with van der Waals surface area (Å²) >= 11 is 0. The normalized spacial score (nSPS) is 23.1. The molecule has 3 rings (SSSR count). The van der Waals surface area contributed by atoms with Crippen molar-refractivity contribution in [3.8, 4) is 0 Å². The molecule has 20 heavy (non-hydrogen) atoms. The highest BCUT2D eigenvalue weighted by molar-refractivity contribution is 5.20. The van der Waals surface area contributed by atoms with Crippen molar-refractivity contribution in [2.45, 2.75) is 25.9 Å². The van der Waals surface area contributed by atoms with Crippen molar-refractivity contribution in [3.63, 3.8) is 0 Å². The Balaban J connectivity index is 1.78. The molecule has 104 valence electrons. The fourth-order valence-electron chi connectivity index (χ4n) is 3.02. The van der Waals surface area contributed by atoms with Crippen LogP contribution in [0.2, 0.25) is 0 Å². The Labute approximate surface area is 119 Å². The summed E-state index contributed by atoms with van der Waals surface area (Å²) in [5.74, 6) is 0.717. The van der Waals surface area contributed by atoms with Crippen LogP contribution in [0.1, 0.15) is 30.5 Å². The van der Waals surface area contributed by atoms with Crippen LogP contribution in [-0.2, 0) is 6.54 Å². The minimum Gasteiger partial charge on any atom is -0.292 e. The van der Waals surface area contributed by atoms with E-state index in [1.54, 1.807) is 10.9 Å². The summed E-state index contributed by atoms with van der Waals surface area (Å²) in [5, 5.41) is 4.25. The van der Waals surface area contributed by atoms with Gasteiger partial charge in [0.05, 0.1) is 6.20 Å². The zero-order valence-electron chi connectivity index (χ0n) is 11.8. The van der Waals surface area contributed by atoms with Crippen molar-refractivity contribution >= 4 is 6.20 Å². The van der Waals surface area contributed by atoms with Crippen molar-refractivity contribution in [1.82, 2.24) is 19.7 Å². The molecule has 0 aliphatic carbocycles. The molecule has 4 nitrogen and oxygen atoms in total. The summed E-state index contributed by atoms with van der Waals surface area (Å²) in [4.78, 5) is 6.78. The molecular formula is C16H20N4. The lowest BCUT2D eigenvalue weighted by atomic mass is 10.0. The average molecular weight is 268 g/mol. The highest BCUT2D eigenvalue weighted by Crippen LogP contribution is 2.35. The Bertz CT molecular complexity index is 575. The fraction of sp³-hybridized carbons (Fsp3) is 0.375. The first kappa shape index (κ1) is 13.1. The van der Waals surface area contributed by atoms with E-state index in [0.29, 0.717) is 6.04 Å². The van der Waals surface area contributed by atoms with Gasteiger partial charge in [0.2, 0.25) is 0 Å². The number of hydrogen-bond acceptors (Lipinski definition) is 3. The number of hydrogen-bond donors (Lipinski definition) is 0. The second kappa shape index (κ2) is 5.59. The summed E-state index contributed by atoms with van der Waals surface area (Å²) in [6.07, 6.45) is 10.7. The Hall–Kier alpha value is -1.94. The van der Waals surface area contributed by atoms with Gasteiger partial charge >= 0.3 is 0 Å². The Morgan fingerprint density at radius 1 is 1.45 bits per heavy atom. The van der Waals surface area contributed by atoms with Crippen LogP contribution < -0.4 is 0 Å². The number of aromatic nitrogens is 3. The maximum Gasteiger partial charge on any atom is 0.0539 e. The molecule has 1 saturated heterocycles. The van der Waals surface area contributed by atoms with Gasteiger partial charge in [0, 0.05) is 49.5 Å². The molecule has 2 atom stereocenters. The second-order valence-corrected chi connectivity index (χ2v) is 5.58. The molecule has 0 radical (unpaired) electrons. The molecule has 0 amide bonds. The molecule has 0 saturated carbocycles. The molecule has 4 heteroatoms. The lowest BCUT2D eigenvalue weighted by Gasteiger charge is -2.23. The predicted octanol–water partition coefficient (Wildman–Crippen LogP) is 2.96. The average Bonchev–Trinajstić information content (AvgIpc) is 3.07. The summed E-state index contributed by atoms with van der Waals surface area (Å²) in [7, 11) is 0. The summed E-state index contributed by atoms with van der Waals surface area (Å²) in [5.41, 5.74) is 2.54. The van der Waals surface area contributed by atoms with E-state index < -0.39 is 0 Å². The largest absolute Gasteiger partial charge is 0.292 e. The number of rotatable bonds is 4. The van der Waals surface area contributed by atoms with Crippen LogP contribution in [0.25, 0.3) is 6.20 Å². The van der Waals surface area contributed by atoms with E-state index in [4.69, 9.17) is 0 Å². The zero-order valence-corrected chi connectivity index (χ0v) is 11.8. The standard InChI is InChI=1S/C16H20N4/c1-3-20-12-14(8-18-20)11-19-10-13(2)7-16(19)15-5-4-6-17-9-15/h3-6,8-9,12-13,16H,1,7,10-11H2,2H3. The quantitative estimate of drug-likeness (QED) is 0.855. The Morgan fingerprint density at radius 2 is 2.35 bits per heavy atom. The van der Waals surface area contributed by atoms with Gasteiger partial charge in [-0.15, -0.1) is 0 Å². The third-order valence-corrected chi connectivity index (χ3v) is 3.91. The van der Waals surface area contributed by atoms with E-state index in [9.17, 15) is 0 Å². The molecule has 0 N–H and O–H groups in total. The molecule has 2 unspecified atom stereocenters. The van der Waals surface area contributed by atoms with Gasteiger partial charge in [-0.1, -0.05) is 19.6 Å². The predicted molar refractivity (Wildman–Crippen MR) is 79.8 cm³/mol. The molecular weight excluding hydrogens is 248 g/mol. The van der Waals surface area contributed by atoms with Gasteiger partial charge in [0.15, 0.2) is 0 Å². The van der Waals surface area contributed by atoms with Crippen molar-refractivity contribution in [3.05, 3.63) is 54.6 Å². The third kappa shape index (κ3) is 2.65. The summed E-state index contributed by atoms with van der Waals surface area (Å²) < 4.78 is 1.76. The molecule has 3 heterocycles. The lowest BCUT2D eigenvalue weighted by molar-refractivity contribution is 0.245. The summed E-state index contributed by atoms with van der Waals surface area (Å²) in [6, 6.07) is 4.66. The lowest BCUT2D eigenvalue weighted by Crippen LogP contribution is -2.23. The van der Waals surface area contributed by atoms with Gasteiger partial charge in [-0.2, -0.15) is 5.10 Å².